The number of hydrogen-bond donors (Lipinski definition) is 0. The van der Waals surface area contributed by atoms with Crippen LogP contribution in [0.25, 0.3) is 87.6 Å². The topological polar surface area (TPSA) is 0 Å². The second-order valence-electron chi connectivity index (χ2n) is 11.5. The molecule has 9 aromatic rings. The van der Waals surface area contributed by atoms with E-state index in [0.717, 1.165) is 32.7 Å². The molecule has 0 aliphatic carbocycles. The fourth-order valence-corrected chi connectivity index (χ4v) is 6.68. The average molecular weight is 590 g/mol. The number of fused-ring (bicyclic) bond motifs is 4. The zero-order valence-corrected chi connectivity index (χ0v) is 24.8. The molecule has 0 heterocycles. The minimum Gasteiger partial charge on any atom is -0.0622 e. The maximum atomic E-state index is 9.94. The molecule has 0 radical (unpaired) electrons. The molecule has 0 aromatic heterocycles. The lowest BCUT2D eigenvalue weighted by molar-refractivity contribution is 1.62. The summed E-state index contributed by atoms with van der Waals surface area (Å²) >= 11 is 0. The zero-order chi connectivity index (χ0) is 36.5. The van der Waals surface area contributed by atoms with Gasteiger partial charge in [0.05, 0.1) is 9.60 Å². The molecular weight excluding hydrogens is 553 g/mol. The van der Waals surface area contributed by atoms with E-state index >= 15 is 0 Å². The van der Waals surface area contributed by atoms with Crippen molar-refractivity contribution in [3.63, 3.8) is 0 Å². The van der Waals surface area contributed by atoms with E-state index in [0.29, 0.717) is 44.2 Å². The highest BCUT2D eigenvalue weighted by Gasteiger charge is 2.18. The summed E-state index contributed by atoms with van der Waals surface area (Å²) in [6.07, 6.45) is 0. The Kier molecular flexibility index (Phi) is 4.76. The van der Waals surface area contributed by atoms with E-state index in [1.807, 2.05) is 115 Å². The Hall–Kier alpha value is -5.98. The van der Waals surface area contributed by atoms with Gasteiger partial charge < -0.3 is 0 Å². The summed E-state index contributed by atoms with van der Waals surface area (Å²) in [4.78, 5) is 0. The van der Waals surface area contributed by atoms with Crippen LogP contribution in [0.5, 0.6) is 0 Å². The molecule has 214 valence electrons. The van der Waals surface area contributed by atoms with Crippen LogP contribution in [0.2, 0.25) is 0 Å². The van der Waals surface area contributed by atoms with Gasteiger partial charge in [0.1, 0.15) is 0 Å². The molecule has 0 unspecified atom stereocenters. The molecule has 0 saturated heterocycles. The Morgan fingerprint density at radius 2 is 0.913 bits per heavy atom. The molecule has 0 fully saturated rings. The van der Waals surface area contributed by atoms with Gasteiger partial charge in [0.25, 0.3) is 0 Å². The maximum absolute atomic E-state index is 9.94. The van der Waals surface area contributed by atoms with Crippen molar-refractivity contribution in [1.29, 1.82) is 0 Å². The van der Waals surface area contributed by atoms with Gasteiger partial charge in [-0.25, -0.2) is 0 Å². The summed E-state index contributed by atoms with van der Waals surface area (Å²) in [5.74, 6) is 0. The monoisotopic (exact) mass is 589 g/mol. The van der Waals surface area contributed by atoms with E-state index in [1.54, 1.807) is 0 Å². The summed E-state index contributed by atoms with van der Waals surface area (Å²) in [6, 6.07) is 43.7. The van der Waals surface area contributed by atoms with E-state index in [2.05, 4.69) is 24.3 Å². The first kappa shape index (κ1) is 20.1. The Bertz CT molecular complexity index is 2950. The van der Waals surface area contributed by atoms with Gasteiger partial charge in [-0.2, -0.15) is 0 Å². The summed E-state index contributed by atoms with van der Waals surface area (Å²) in [6.45, 7) is 0. The Morgan fingerprint density at radius 1 is 0.326 bits per heavy atom. The fraction of sp³-hybridized carbons (Fsp3) is 0. The van der Waals surface area contributed by atoms with Crippen LogP contribution < -0.4 is 0 Å². The molecule has 0 saturated carbocycles. The summed E-state index contributed by atoms with van der Waals surface area (Å²) < 4.78 is 65.1. The normalized spacial score (nSPS) is 13.6. The second-order valence-corrected chi connectivity index (χ2v) is 11.5. The Labute approximate surface area is 278 Å². The second kappa shape index (κ2) is 10.9. The minimum atomic E-state index is -0.382. The predicted molar refractivity (Wildman–Crippen MR) is 198 cm³/mol. The van der Waals surface area contributed by atoms with Crippen molar-refractivity contribution in [2.45, 2.75) is 0 Å². The van der Waals surface area contributed by atoms with Crippen molar-refractivity contribution in [1.82, 2.24) is 0 Å². The van der Waals surface area contributed by atoms with E-state index < -0.39 is 0 Å². The molecule has 0 aliphatic rings. The summed E-state index contributed by atoms with van der Waals surface area (Å²) in [5, 5.41) is 5.38. The third-order valence-corrected chi connectivity index (χ3v) is 8.87. The smallest absolute Gasteiger partial charge is 0.0622 e. The molecule has 0 spiro atoms. The highest BCUT2D eigenvalue weighted by atomic mass is 14.2. The van der Waals surface area contributed by atoms with Gasteiger partial charge in [0.2, 0.25) is 0 Å². The van der Waals surface area contributed by atoms with Crippen LogP contribution in [0.1, 0.15) is 9.60 Å². The lowest BCUT2D eigenvalue weighted by Gasteiger charge is -2.19. The van der Waals surface area contributed by atoms with Crippen LogP contribution in [0, 0.1) is 0 Å². The van der Waals surface area contributed by atoms with Crippen LogP contribution in [-0.2, 0) is 0 Å². The van der Waals surface area contributed by atoms with E-state index in [-0.39, 0.29) is 53.1 Å². The molecule has 0 N–H and O–H groups in total. The SMILES string of the molecule is [2H]c1c([2H])c([2H])c2c(-c3ccc(-c4cccc5ccccc45)cc3)c3c([2H])c(-c4ccc5ccccc5c4)c([2H])c([2H])c3c(-c3ccccc3)c2c1[2H]. The molecule has 0 atom stereocenters. The third-order valence-electron chi connectivity index (χ3n) is 8.87. The highest BCUT2D eigenvalue weighted by Crippen LogP contribution is 2.45. The van der Waals surface area contributed by atoms with Crippen LogP contribution in [0.4, 0.5) is 0 Å². The number of rotatable bonds is 4. The van der Waals surface area contributed by atoms with Crippen molar-refractivity contribution in [2.24, 2.45) is 0 Å². The first-order chi connectivity index (χ1) is 25.7. The first-order valence-electron chi connectivity index (χ1n) is 18.9. The predicted octanol–water partition coefficient (Wildman–Crippen LogP) is 13.0. The molecular formula is C46H30. The molecule has 0 aliphatic heterocycles. The van der Waals surface area contributed by atoms with Gasteiger partial charge in [0.15, 0.2) is 0 Å². The molecule has 9 aromatic carbocycles. The lowest BCUT2D eigenvalue weighted by atomic mass is 9.84. The van der Waals surface area contributed by atoms with Crippen LogP contribution >= 0.6 is 0 Å². The highest BCUT2D eigenvalue weighted by molar-refractivity contribution is 6.22. The number of benzene rings is 9. The molecule has 9 rings (SSSR count). The van der Waals surface area contributed by atoms with E-state index in [1.165, 1.54) is 0 Å². The average Bonchev–Trinajstić information content (AvgIpc) is 3.20. The first-order valence-corrected chi connectivity index (χ1v) is 15.4. The van der Waals surface area contributed by atoms with Crippen LogP contribution in [-0.4, -0.2) is 0 Å². The van der Waals surface area contributed by atoms with Crippen molar-refractivity contribution in [3.05, 3.63) is 182 Å². The van der Waals surface area contributed by atoms with Gasteiger partial charge in [-0.05, 0) is 99.7 Å². The lowest BCUT2D eigenvalue weighted by Crippen LogP contribution is -1.92. The van der Waals surface area contributed by atoms with Crippen molar-refractivity contribution < 1.29 is 9.60 Å². The Balaban J connectivity index is 1.45. The molecule has 0 heteroatoms. The van der Waals surface area contributed by atoms with Gasteiger partial charge in [0, 0.05) is 0 Å². The largest absolute Gasteiger partial charge is 0.0636 e. The summed E-state index contributed by atoms with van der Waals surface area (Å²) in [7, 11) is 0. The maximum Gasteiger partial charge on any atom is 0.0636 e. The van der Waals surface area contributed by atoms with Crippen LogP contribution in [0.3, 0.4) is 0 Å². The van der Waals surface area contributed by atoms with E-state index in [4.69, 9.17) is 2.74 Å². The summed E-state index contributed by atoms with van der Waals surface area (Å²) in [5.41, 5.74) is 5.07. The number of hydrogen-bond acceptors (Lipinski definition) is 0. The van der Waals surface area contributed by atoms with Gasteiger partial charge in [-0.15, -0.1) is 0 Å². The molecule has 0 amide bonds. The molecule has 0 nitrogen and oxygen atoms in total. The fourth-order valence-electron chi connectivity index (χ4n) is 6.68. The van der Waals surface area contributed by atoms with Crippen molar-refractivity contribution in [3.8, 4) is 44.5 Å². The van der Waals surface area contributed by atoms with Crippen molar-refractivity contribution in [2.75, 3.05) is 0 Å². The van der Waals surface area contributed by atoms with Crippen LogP contribution in [0.15, 0.2) is 182 Å². The zero-order valence-electron chi connectivity index (χ0n) is 31.8. The third kappa shape index (κ3) is 4.38. The van der Waals surface area contributed by atoms with Gasteiger partial charge in [-0.1, -0.05) is 170 Å². The standard InChI is InChI=1S/C46H30/c1-2-13-34(14-3-1)45-41-18-8-9-19-42(41)46(35-24-22-33(23-25-35)40-20-10-16-32-12-6-7-17-39(32)40)44-30-38(27-28-43(44)45)37-26-21-31-11-4-5-15-36(31)29-37/h1-30H/i8D,9D,18D,19D,27D,28D,30D. The minimum absolute atomic E-state index is 0.0240. The van der Waals surface area contributed by atoms with Crippen molar-refractivity contribution >= 4 is 43.1 Å². The quantitative estimate of drug-likeness (QED) is 0.179. The molecule has 46 heavy (non-hydrogen) atoms. The Morgan fingerprint density at radius 3 is 1.72 bits per heavy atom. The van der Waals surface area contributed by atoms with E-state index in [9.17, 15) is 6.85 Å². The van der Waals surface area contributed by atoms with Gasteiger partial charge >= 0.3 is 0 Å². The van der Waals surface area contributed by atoms with Gasteiger partial charge in [-0.3, -0.25) is 0 Å². The molecule has 0 bridgehead atoms.